The highest BCUT2D eigenvalue weighted by molar-refractivity contribution is 7.94. The molecule has 28 heavy (non-hydrogen) atoms. The number of aliphatic hydroxyl groups is 1. The highest BCUT2D eigenvalue weighted by Gasteiger charge is 2.57. The lowest BCUT2D eigenvalue weighted by atomic mass is 9.27. The van der Waals surface area contributed by atoms with Gasteiger partial charge in [-0.25, -0.2) is 8.42 Å². The minimum absolute atomic E-state index is 0.173. The quantitative estimate of drug-likeness (QED) is 0.504. The van der Waals surface area contributed by atoms with Crippen molar-refractivity contribution in [2.75, 3.05) is 0 Å². The molecular weight excluding hydrogens is 368 g/mol. The molecule has 1 fully saturated rings. The highest BCUT2D eigenvalue weighted by Crippen LogP contribution is 2.43. The van der Waals surface area contributed by atoms with E-state index in [2.05, 4.69) is 0 Å². The topological polar surface area (TPSA) is 72.8 Å². The number of benzene rings is 1. The van der Waals surface area contributed by atoms with Crippen molar-refractivity contribution >= 4 is 69.5 Å². The van der Waals surface area contributed by atoms with E-state index in [-0.39, 0.29) is 4.90 Å². The molecule has 1 unspecified atom stereocenters. The Morgan fingerprint density at radius 1 is 0.893 bits per heavy atom. The maximum Gasteiger partial charge on any atom is 0.494 e. The fourth-order valence-corrected chi connectivity index (χ4v) is 6.10. The lowest BCUT2D eigenvalue weighted by Crippen LogP contribution is -2.67. The van der Waals surface area contributed by atoms with E-state index >= 15 is 0 Å². The van der Waals surface area contributed by atoms with Crippen molar-refractivity contribution in [1.82, 2.24) is 0 Å². The molecule has 1 atom stereocenters. The van der Waals surface area contributed by atoms with Crippen molar-refractivity contribution in [3.8, 4) is 0 Å². The summed E-state index contributed by atoms with van der Waals surface area (Å²) in [5.41, 5.74) is -0.166. The summed E-state index contributed by atoms with van der Waals surface area (Å²) < 4.78 is 37.8. The van der Waals surface area contributed by atoms with Crippen LogP contribution in [0.15, 0.2) is 29.2 Å². The summed E-state index contributed by atoms with van der Waals surface area (Å²) in [4.78, 5) is 0.173. The molecule has 1 saturated heterocycles. The van der Waals surface area contributed by atoms with E-state index in [1.807, 2.05) is 51.2 Å². The van der Waals surface area contributed by atoms with Crippen LogP contribution in [0.5, 0.6) is 0 Å². The Morgan fingerprint density at radius 3 is 1.61 bits per heavy atom. The summed E-state index contributed by atoms with van der Waals surface area (Å²) in [5.74, 6) is 0. The predicted molar refractivity (Wildman–Crippen MR) is 131 cm³/mol. The summed E-state index contributed by atoms with van der Waals surface area (Å²) in [7, 11) is 5.84. The first-order chi connectivity index (χ1) is 12.3. The van der Waals surface area contributed by atoms with E-state index in [0.29, 0.717) is 0 Å². The Bertz CT molecular complexity index is 811. The summed E-state index contributed by atoms with van der Waals surface area (Å²) in [6, 6.07) is 6.60. The van der Waals surface area contributed by atoms with E-state index in [4.69, 9.17) is 9.31 Å². The molecule has 1 heterocycles. The Hall–Kier alpha value is -0.495. The molecule has 1 aliphatic heterocycles. The number of hydrogen-bond acceptors (Lipinski definition) is 5. The van der Waals surface area contributed by atoms with Crippen molar-refractivity contribution in [3.05, 3.63) is 24.3 Å². The first-order valence-corrected chi connectivity index (χ1v) is 11.2. The van der Waals surface area contributed by atoms with Gasteiger partial charge in [-0.1, -0.05) is 17.2 Å². The molecule has 0 spiro atoms. The summed E-state index contributed by atoms with van der Waals surface area (Å²) in [6.07, 6.45) is 0. The third-order valence-electron chi connectivity index (χ3n) is 6.85. The van der Waals surface area contributed by atoms with E-state index in [0.717, 1.165) is 5.46 Å². The second-order valence-electron chi connectivity index (χ2n) is 10.5. The van der Waals surface area contributed by atoms with E-state index in [1.165, 1.54) is 0 Å². The summed E-state index contributed by atoms with van der Waals surface area (Å²) >= 11 is 0. The maximum atomic E-state index is 13.6. The molecule has 0 saturated carbocycles. The molecule has 0 radical (unpaired) electrons. The van der Waals surface area contributed by atoms with Crippen LogP contribution < -0.4 is 5.46 Å². The molecule has 5 nitrogen and oxygen atoms in total. The average Bonchev–Trinajstić information content (AvgIpc) is 2.72. The SMILES string of the molecule is BC(B)(B)C(B)(C(B)(B)O)S(=O)(=O)c1ccc(B2OC(C)(C)C(C)(C)O2)cc1. The fraction of sp³-hybridized carbons (Fsp3) is 0.600. The normalized spacial score (nSPS) is 22.0. The minimum atomic E-state index is -3.83. The second-order valence-corrected chi connectivity index (χ2v) is 12.8. The molecule has 146 valence electrons. The van der Waals surface area contributed by atoms with Gasteiger partial charge in [-0.05, 0) is 45.3 Å². The van der Waals surface area contributed by atoms with Crippen LogP contribution in [0.1, 0.15) is 27.7 Å². The number of sulfone groups is 1. The molecule has 0 amide bonds. The van der Waals surface area contributed by atoms with Gasteiger partial charge in [0.2, 0.25) is 0 Å². The van der Waals surface area contributed by atoms with Gasteiger partial charge in [-0.2, -0.15) is 0 Å². The zero-order valence-electron chi connectivity index (χ0n) is 18.9. The fourth-order valence-electron chi connectivity index (χ4n) is 3.67. The van der Waals surface area contributed by atoms with Gasteiger partial charge in [-0.15, -0.1) is 0 Å². The van der Waals surface area contributed by atoms with Crippen LogP contribution in [0.4, 0.5) is 0 Å². The van der Waals surface area contributed by atoms with Crippen LogP contribution in [0, 0.1) is 0 Å². The zero-order valence-corrected chi connectivity index (χ0v) is 19.7. The summed E-state index contributed by atoms with van der Waals surface area (Å²) in [6.45, 7) is 7.90. The van der Waals surface area contributed by atoms with Gasteiger partial charge in [0.05, 0.1) is 39.6 Å². The Labute approximate surface area is 175 Å². The second kappa shape index (κ2) is 6.76. The monoisotopic (exact) mass is 398 g/mol. The first-order valence-electron chi connectivity index (χ1n) is 9.70. The molecule has 0 bridgehead atoms. The van der Waals surface area contributed by atoms with E-state index < -0.39 is 43.3 Å². The molecule has 1 aromatic carbocycles. The molecule has 1 aromatic rings. The van der Waals surface area contributed by atoms with Gasteiger partial charge in [0.25, 0.3) is 0 Å². The molecular formula is C15H29B7O5S. The van der Waals surface area contributed by atoms with Crippen LogP contribution in [0.25, 0.3) is 0 Å². The van der Waals surface area contributed by atoms with E-state index in [1.54, 1.807) is 47.8 Å². The predicted octanol–water partition coefficient (Wildman–Crippen LogP) is -5.03. The standard InChI is InChI=1S/C15H29B7O5S/c1-11(2)12(3,4)27-22(26-11)9-5-7-10(8-6-9)28(24,25)13(16,14(17,18)19)15(20,21)23/h5-8,23H,16-21H2,1-4H3. The number of rotatable bonds is 5. The maximum absolute atomic E-state index is 13.6. The van der Waals surface area contributed by atoms with Crippen molar-refractivity contribution in [2.45, 2.75) is 59.0 Å². The molecule has 2 rings (SSSR count). The summed E-state index contributed by atoms with van der Waals surface area (Å²) in [5, 5.41) is 8.67. The lowest BCUT2D eigenvalue weighted by molar-refractivity contribution is 0.00578. The van der Waals surface area contributed by atoms with Crippen LogP contribution in [0.3, 0.4) is 0 Å². The third kappa shape index (κ3) is 3.57. The minimum Gasteiger partial charge on any atom is -0.407 e. The van der Waals surface area contributed by atoms with Crippen molar-refractivity contribution in [2.24, 2.45) is 0 Å². The zero-order chi connectivity index (χ0) is 22.0. The largest absolute Gasteiger partial charge is 0.494 e. The number of hydrogen-bond donors (Lipinski definition) is 1. The molecule has 0 aliphatic carbocycles. The van der Waals surface area contributed by atoms with Gasteiger partial charge in [0.15, 0.2) is 9.84 Å². The van der Waals surface area contributed by atoms with Crippen LogP contribution in [0.2, 0.25) is 5.11 Å². The molecule has 13 heteroatoms. The highest BCUT2D eigenvalue weighted by atomic mass is 32.2. The average molecular weight is 397 g/mol. The molecule has 0 aromatic heterocycles. The smallest absolute Gasteiger partial charge is 0.407 e. The molecule has 1 N–H and O–H groups in total. The van der Waals surface area contributed by atoms with Crippen LogP contribution in [-0.2, 0) is 19.1 Å². The van der Waals surface area contributed by atoms with Crippen molar-refractivity contribution in [1.29, 1.82) is 0 Å². The van der Waals surface area contributed by atoms with E-state index in [9.17, 15) is 13.5 Å². The van der Waals surface area contributed by atoms with Gasteiger partial charge in [0.1, 0.15) is 23.5 Å². The van der Waals surface area contributed by atoms with Crippen LogP contribution in [-0.4, -0.2) is 89.0 Å². The van der Waals surface area contributed by atoms with Gasteiger partial charge < -0.3 is 14.4 Å². The lowest BCUT2D eigenvalue weighted by Gasteiger charge is -2.50. The Balaban J connectivity index is 2.45. The van der Waals surface area contributed by atoms with Gasteiger partial charge in [0, 0.05) is 10.0 Å². The Morgan fingerprint density at radius 2 is 1.29 bits per heavy atom. The third-order valence-corrected chi connectivity index (χ3v) is 9.93. The van der Waals surface area contributed by atoms with Crippen molar-refractivity contribution < 1.29 is 22.8 Å². The van der Waals surface area contributed by atoms with Gasteiger partial charge >= 0.3 is 7.12 Å². The van der Waals surface area contributed by atoms with Crippen molar-refractivity contribution in [3.63, 3.8) is 0 Å². The molecule has 1 aliphatic rings. The van der Waals surface area contributed by atoms with Gasteiger partial charge in [-0.3, -0.25) is 0 Å². The Kier molecular flexibility index (Phi) is 5.74. The first kappa shape index (κ1) is 23.8. The van der Waals surface area contributed by atoms with Crippen LogP contribution >= 0.6 is 0 Å².